The Bertz CT molecular complexity index is 1100. The van der Waals surface area contributed by atoms with E-state index < -0.39 is 6.09 Å². The number of pyridine rings is 1. The van der Waals surface area contributed by atoms with E-state index in [1.807, 2.05) is 17.6 Å². The van der Waals surface area contributed by atoms with Crippen molar-refractivity contribution in [1.29, 1.82) is 5.41 Å². The van der Waals surface area contributed by atoms with Crippen LogP contribution in [-0.4, -0.2) is 36.6 Å². The van der Waals surface area contributed by atoms with Crippen LogP contribution in [0.15, 0.2) is 30.7 Å². The Labute approximate surface area is 178 Å². The van der Waals surface area contributed by atoms with Gasteiger partial charge in [0, 0.05) is 30.7 Å². The molecule has 1 saturated carbocycles. The van der Waals surface area contributed by atoms with E-state index in [-0.39, 0.29) is 11.7 Å². The fourth-order valence-corrected chi connectivity index (χ4v) is 4.24. The zero-order valence-electron chi connectivity index (χ0n) is 16.6. The first-order valence-corrected chi connectivity index (χ1v) is 10.3. The molecule has 1 aliphatic rings. The molecular weight excluding hydrogens is 404 g/mol. The first-order chi connectivity index (χ1) is 14.4. The molecule has 30 heavy (non-hydrogen) atoms. The molecule has 156 valence electrons. The van der Waals surface area contributed by atoms with Crippen LogP contribution in [0.5, 0.6) is 0 Å². The largest absolute Gasteiger partial charge is 0.465 e. The Kier molecular flexibility index (Phi) is 5.67. The number of amidine groups is 1. The van der Waals surface area contributed by atoms with E-state index in [2.05, 4.69) is 26.4 Å². The van der Waals surface area contributed by atoms with E-state index in [4.69, 9.17) is 22.1 Å². The van der Waals surface area contributed by atoms with E-state index in [1.54, 1.807) is 18.5 Å². The predicted molar refractivity (Wildman–Crippen MR) is 115 cm³/mol. The van der Waals surface area contributed by atoms with Crippen molar-refractivity contribution in [2.45, 2.75) is 39.2 Å². The second-order valence-corrected chi connectivity index (χ2v) is 8.36. The van der Waals surface area contributed by atoms with Gasteiger partial charge in [-0.1, -0.05) is 31.4 Å². The molecular formula is C21H23ClN6O2. The van der Waals surface area contributed by atoms with Crippen LogP contribution in [0.4, 0.5) is 4.79 Å². The lowest BCUT2D eigenvalue weighted by molar-refractivity contribution is 0.200. The van der Waals surface area contributed by atoms with E-state index in [0.717, 1.165) is 18.0 Å². The molecule has 9 heteroatoms. The summed E-state index contributed by atoms with van der Waals surface area (Å²) in [5.41, 5.74) is 2.76. The highest BCUT2D eigenvalue weighted by molar-refractivity contribution is 6.30. The summed E-state index contributed by atoms with van der Waals surface area (Å²) in [5.74, 6) is 1.00. The van der Waals surface area contributed by atoms with Crippen LogP contribution >= 0.6 is 11.6 Å². The molecule has 0 aromatic carbocycles. The Morgan fingerprint density at radius 1 is 1.30 bits per heavy atom. The van der Waals surface area contributed by atoms with Crippen molar-refractivity contribution in [3.05, 3.63) is 41.6 Å². The Morgan fingerprint density at radius 2 is 2.07 bits per heavy atom. The highest BCUT2D eigenvalue weighted by Gasteiger charge is 2.22. The van der Waals surface area contributed by atoms with Gasteiger partial charge in [0.2, 0.25) is 0 Å². The third-order valence-corrected chi connectivity index (χ3v) is 5.84. The number of hydrogen-bond donors (Lipinski definition) is 3. The lowest BCUT2D eigenvalue weighted by Gasteiger charge is -2.26. The van der Waals surface area contributed by atoms with Crippen LogP contribution in [0.1, 0.15) is 38.4 Å². The maximum absolute atomic E-state index is 11.0. The zero-order valence-corrected chi connectivity index (χ0v) is 17.4. The van der Waals surface area contributed by atoms with Gasteiger partial charge in [-0.2, -0.15) is 0 Å². The molecule has 8 nitrogen and oxygen atoms in total. The summed E-state index contributed by atoms with van der Waals surface area (Å²) >= 11 is 6.16. The van der Waals surface area contributed by atoms with Crippen molar-refractivity contribution >= 4 is 34.6 Å². The second kappa shape index (κ2) is 8.39. The van der Waals surface area contributed by atoms with E-state index >= 15 is 0 Å². The van der Waals surface area contributed by atoms with Gasteiger partial charge in [-0.25, -0.2) is 14.8 Å². The summed E-state index contributed by atoms with van der Waals surface area (Å²) < 4.78 is 2.16. The third kappa shape index (κ3) is 4.28. The summed E-state index contributed by atoms with van der Waals surface area (Å²) in [6, 6.07) is 3.63. The van der Waals surface area contributed by atoms with Crippen molar-refractivity contribution < 1.29 is 9.90 Å². The van der Waals surface area contributed by atoms with Gasteiger partial charge in [-0.05, 0) is 36.8 Å². The molecule has 3 aromatic heterocycles. The van der Waals surface area contributed by atoms with E-state index in [0.29, 0.717) is 27.7 Å². The highest BCUT2D eigenvalue weighted by atomic mass is 35.5. The second-order valence-electron chi connectivity index (χ2n) is 7.92. The molecule has 0 atom stereocenters. The van der Waals surface area contributed by atoms with Crippen LogP contribution in [0.2, 0.25) is 5.02 Å². The van der Waals surface area contributed by atoms with Gasteiger partial charge < -0.3 is 9.67 Å². The van der Waals surface area contributed by atoms with Crippen LogP contribution in [0.25, 0.3) is 22.3 Å². The van der Waals surface area contributed by atoms with E-state index in [9.17, 15) is 4.79 Å². The number of rotatable bonds is 4. The van der Waals surface area contributed by atoms with Gasteiger partial charge in [0.1, 0.15) is 5.69 Å². The summed E-state index contributed by atoms with van der Waals surface area (Å²) in [6.45, 7) is 3.17. The molecule has 3 heterocycles. The normalized spacial score (nSPS) is 19.0. The van der Waals surface area contributed by atoms with Crippen molar-refractivity contribution in [1.82, 2.24) is 24.8 Å². The number of nitrogens with zero attached hydrogens (tertiary/aromatic N) is 4. The number of amides is 1. The summed E-state index contributed by atoms with van der Waals surface area (Å²) in [6.07, 6.45) is 8.73. The van der Waals surface area contributed by atoms with Crippen molar-refractivity contribution in [3.8, 4) is 11.3 Å². The van der Waals surface area contributed by atoms with Gasteiger partial charge in [0.05, 0.1) is 16.1 Å². The molecule has 3 aromatic rings. The molecule has 0 unspecified atom stereocenters. The minimum Gasteiger partial charge on any atom is -0.465 e. The number of halogens is 1. The summed E-state index contributed by atoms with van der Waals surface area (Å²) in [4.78, 5) is 24.1. The fraction of sp³-hybridized carbons (Fsp3) is 0.381. The number of carboxylic acid groups (broad SMARTS) is 1. The predicted octanol–water partition coefficient (Wildman–Crippen LogP) is 4.57. The van der Waals surface area contributed by atoms with Crippen LogP contribution in [0, 0.1) is 17.2 Å². The van der Waals surface area contributed by atoms with Crippen LogP contribution in [0.3, 0.4) is 0 Å². The zero-order chi connectivity index (χ0) is 21.3. The molecule has 0 bridgehead atoms. The van der Waals surface area contributed by atoms with Gasteiger partial charge in [0.15, 0.2) is 11.7 Å². The SMILES string of the molecule is C[C@H]1CC[C@H](Cn2ccc3nc(C(=N)NC(=O)O)nc(-c4cncc(Cl)c4)c32)CC1. The molecule has 1 amide bonds. The average Bonchev–Trinajstić information content (AvgIpc) is 3.11. The minimum atomic E-state index is -1.33. The van der Waals surface area contributed by atoms with Gasteiger partial charge in [-0.3, -0.25) is 15.7 Å². The molecule has 0 saturated heterocycles. The van der Waals surface area contributed by atoms with Crippen LogP contribution in [-0.2, 0) is 6.54 Å². The van der Waals surface area contributed by atoms with Gasteiger partial charge >= 0.3 is 6.09 Å². The molecule has 1 aliphatic carbocycles. The van der Waals surface area contributed by atoms with Crippen molar-refractivity contribution in [3.63, 3.8) is 0 Å². The van der Waals surface area contributed by atoms with Crippen molar-refractivity contribution in [2.24, 2.45) is 11.8 Å². The molecule has 3 N–H and O–H groups in total. The monoisotopic (exact) mass is 426 g/mol. The Hall–Kier alpha value is -3.00. The standard InChI is InChI=1S/C21H23ClN6O2/c1-12-2-4-13(5-3-12)11-28-7-6-16-18(28)17(14-8-15(22)10-24-9-14)26-20(25-16)19(23)27-21(29)30/h6-10,12-13H,2-5,11H2,1H3,(H2,23,27)(H,29,30)/t12-,13-. The minimum absolute atomic E-state index is 0.00381. The first-order valence-electron chi connectivity index (χ1n) is 9.97. The lowest BCUT2D eigenvalue weighted by atomic mass is 9.83. The quantitative estimate of drug-likeness (QED) is 0.417. The van der Waals surface area contributed by atoms with Crippen LogP contribution < -0.4 is 5.32 Å². The van der Waals surface area contributed by atoms with Crippen molar-refractivity contribution in [2.75, 3.05) is 0 Å². The third-order valence-electron chi connectivity index (χ3n) is 5.63. The lowest BCUT2D eigenvalue weighted by Crippen LogP contribution is -2.30. The molecule has 0 spiro atoms. The number of nitrogens with one attached hydrogen (secondary N) is 2. The maximum Gasteiger partial charge on any atom is 0.410 e. The topological polar surface area (TPSA) is 117 Å². The fourth-order valence-electron chi connectivity index (χ4n) is 4.07. The maximum atomic E-state index is 11.0. The molecule has 4 rings (SSSR count). The van der Waals surface area contributed by atoms with Gasteiger partial charge in [0.25, 0.3) is 0 Å². The number of carbonyl (C=O) groups is 1. The summed E-state index contributed by atoms with van der Waals surface area (Å²) in [7, 11) is 0. The Balaban J connectivity index is 1.79. The first kappa shape index (κ1) is 20.3. The number of hydrogen-bond acceptors (Lipinski definition) is 5. The highest BCUT2D eigenvalue weighted by Crippen LogP contribution is 2.33. The molecule has 0 aliphatic heterocycles. The number of aromatic nitrogens is 4. The Morgan fingerprint density at radius 3 is 2.77 bits per heavy atom. The molecule has 1 fully saturated rings. The number of fused-ring (bicyclic) bond motifs is 1. The average molecular weight is 427 g/mol. The molecule has 0 radical (unpaired) electrons. The summed E-state index contributed by atoms with van der Waals surface area (Å²) in [5, 5.41) is 19.4. The van der Waals surface area contributed by atoms with Gasteiger partial charge in [-0.15, -0.1) is 0 Å². The smallest absolute Gasteiger partial charge is 0.410 e. The van der Waals surface area contributed by atoms with E-state index in [1.165, 1.54) is 25.7 Å².